The second kappa shape index (κ2) is 10.8. The predicted molar refractivity (Wildman–Crippen MR) is 140 cm³/mol. The molecule has 3 aromatic heterocycles. The van der Waals surface area contributed by atoms with Gasteiger partial charge >= 0.3 is 0 Å². The van der Waals surface area contributed by atoms with Gasteiger partial charge in [-0.3, -0.25) is 14.5 Å². The highest BCUT2D eigenvalue weighted by atomic mass is 35.5. The number of hydrogen-bond acceptors (Lipinski definition) is 6. The van der Waals surface area contributed by atoms with Crippen molar-refractivity contribution in [3.8, 4) is 17.1 Å². The molecule has 0 aliphatic carbocycles. The van der Waals surface area contributed by atoms with E-state index in [0.717, 1.165) is 24.7 Å². The molecule has 0 fully saturated rings. The molecule has 4 rings (SSSR count). The summed E-state index contributed by atoms with van der Waals surface area (Å²) < 4.78 is 60.5. The van der Waals surface area contributed by atoms with Crippen LogP contribution in [0.3, 0.4) is 0 Å². The van der Waals surface area contributed by atoms with E-state index in [1.807, 2.05) is 0 Å². The minimum absolute atomic E-state index is 0.0783. The Labute approximate surface area is 222 Å². The molecule has 1 aromatic carbocycles. The van der Waals surface area contributed by atoms with Gasteiger partial charge in [-0.05, 0) is 37.3 Å². The van der Waals surface area contributed by atoms with Gasteiger partial charge in [0.2, 0.25) is 10.0 Å². The largest absolute Gasteiger partial charge is 0.486 e. The van der Waals surface area contributed by atoms with E-state index < -0.39 is 27.6 Å². The summed E-state index contributed by atoms with van der Waals surface area (Å²) in [5.74, 6) is -1.58. The molecule has 0 atom stereocenters. The number of carbonyl (C=O) groups excluding carboxylic acids is 1. The van der Waals surface area contributed by atoms with Gasteiger partial charge in [-0.15, -0.1) is 0 Å². The van der Waals surface area contributed by atoms with Crippen LogP contribution in [0.25, 0.3) is 11.4 Å². The lowest BCUT2D eigenvalue weighted by molar-refractivity contribution is 0.102. The molecule has 0 saturated heterocycles. The smallest absolute Gasteiger partial charge is 0.257 e. The number of hydrogen-bond donors (Lipinski definition) is 2. The van der Waals surface area contributed by atoms with Crippen LogP contribution >= 0.6 is 11.6 Å². The van der Waals surface area contributed by atoms with Gasteiger partial charge in [-0.2, -0.15) is 0 Å². The van der Waals surface area contributed by atoms with Crippen molar-refractivity contribution in [3.05, 3.63) is 88.5 Å². The molecule has 4 aromatic rings. The second-order valence-electron chi connectivity index (χ2n) is 8.47. The Bertz CT molecular complexity index is 1640. The first-order chi connectivity index (χ1) is 17.9. The molecule has 0 aliphatic rings. The van der Waals surface area contributed by atoms with E-state index in [1.165, 1.54) is 30.3 Å². The summed E-state index contributed by atoms with van der Waals surface area (Å²) in [6, 6.07) is 8.27. The zero-order valence-electron chi connectivity index (χ0n) is 20.4. The number of benzene rings is 1. The van der Waals surface area contributed by atoms with Gasteiger partial charge in [0.15, 0.2) is 5.75 Å². The fraction of sp³-hybridized carbons (Fsp3) is 0.160. The van der Waals surface area contributed by atoms with Crippen molar-refractivity contribution in [3.63, 3.8) is 0 Å². The third-order valence-electron chi connectivity index (χ3n) is 5.33. The summed E-state index contributed by atoms with van der Waals surface area (Å²) in [4.78, 5) is 21.1. The van der Waals surface area contributed by atoms with Crippen LogP contribution in [0.2, 0.25) is 5.02 Å². The molecule has 9 nitrogen and oxygen atoms in total. The molecule has 3 heterocycles. The van der Waals surface area contributed by atoms with Crippen LogP contribution in [-0.4, -0.2) is 35.1 Å². The molecule has 0 bridgehead atoms. The Kier molecular flexibility index (Phi) is 7.65. The number of sulfonamides is 1. The number of aromatic nitrogens is 3. The minimum atomic E-state index is -3.55. The number of carbonyl (C=O) groups is 1. The zero-order valence-corrected chi connectivity index (χ0v) is 22.0. The van der Waals surface area contributed by atoms with Crippen LogP contribution in [0.5, 0.6) is 5.75 Å². The van der Waals surface area contributed by atoms with Gasteiger partial charge in [0.05, 0.1) is 35.6 Å². The zero-order chi connectivity index (χ0) is 27.6. The van der Waals surface area contributed by atoms with Crippen molar-refractivity contribution in [2.75, 3.05) is 16.3 Å². The molecular formula is C25H22ClF2N5O4S. The molecule has 0 aliphatic heterocycles. The van der Waals surface area contributed by atoms with Crippen molar-refractivity contribution in [1.29, 1.82) is 0 Å². The van der Waals surface area contributed by atoms with E-state index in [2.05, 4.69) is 20.0 Å². The number of amides is 1. The van der Waals surface area contributed by atoms with Crippen LogP contribution in [0.15, 0.2) is 55.0 Å². The molecule has 13 heteroatoms. The highest BCUT2D eigenvalue weighted by Gasteiger charge is 2.18. The SMILES string of the molecule is Cc1ncc(F)cc1COc1cc(F)cnc1-c1cc(C(=O)Nc2cc(Cl)cc(NS(C)(=O)=O)c2)cn1C. The molecule has 0 unspecified atom stereocenters. The maximum atomic E-state index is 14.0. The summed E-state index contributed by atoms with van der Waals surface area (Å²) in [5, 5.41) is 2.89. The monoisotopic (exact) mass is 561 g/mol. The maximum absolute atomic E-state index is 14.0. The van der Waals surface area contributed by atoms with Gasteiger partial charge < -0.3 is 14.6 Å². The van der Waals surface area contributed by atoms with Crippen LogP contribution in [0.4, 0.5) is 20.2 Å². The van der Waals surface area contributed by atoms with Crippen LogP contribution in [0.1, 0.15) is 21.6 Å². The Hall–Kier alpha value is -4.03. The fourth-order valence-corrected chi connectivity index (χ4v) is 4.42. The lowest BCUT2D eigenvalue weighted by Crippen LogP contribution is -2.13. The first-order valence-electron chi connectivity index (χ1n) is 11.0. The van der Waals surface area contributed by atoms with E-state index in [9.17, 15) is 22.0 Å². The number of anilines is 2. The first kappa shape index (κ1) is 27.0. The lowest BCUT2D eigenvalue weighted by atomic mass is 10.2. The topological polar surface area (TPSA) is 115 Å². The molecule has 0 spiro atoms. The van der Waals surface area contributed by atoms with Crippen molar-refractivity contribution >= 4 is 38.9 Å². The van der Waals surface area contributed by atoms with Crippen LogP contribution < -0.4 is 14.8 Å². The van der Waals surface area contributed by atoms with E-state index >= 15 is 0 Å². The van der Waals surface area contributed by atoms with Gasteiger partial charge in [-0.1, -0.05) is 11.6 Å². The number of pyridine rings is 2. The van der Waals surface area contributed by atoms with Gasteiger partial charge in [0.25, 0.3) is 5.91 Å². The average molecular weight is 562 g/mol. The fourth-order valence-electron chi connectivity index (χ4n) is 3.64. The van der Waals surface area contributed by atoms with Crippen molar-refractivity contribution < 1.29 is 26.7 Å². The quantitative estimate of drug-likeness (QED) is 0.315. The molecule has 2 N–H and O–H groups in total. The molecule has 1 amide bonds. The Balaban J connectivity index is 1.59. The molecule has 38 heavy (non-hydrogen) atoms. The van der Waals surface area contributed by atoms with E-state index in [0.29, 0.717) is 17.0 Å². The minimum Gasteiger partial charge on any atom is -0.486 e. The predicted octanol–water partition coefficient (Wildman–Crippen LogP) is 4.92. The molecule has 198 valence electrons. The van der Waals surface area contributed by atoms with Crippen molar-refractivity contribution in [2.45, 2.75) is 13.5 Å². The summed E-state index contributed by atoms with van der Waals surface area (Å²) in [6.07, 6.45) is 4.65. The summed E-state index contributed by atoms with van der Waals surface area (Å²) in [6.45, 7) is 1.62. The number of ether oxygens (including phenoxy) is 1. The number of nitrogens with zero attached hydrogens (tertiary/aromatic N) is 3. The Morgan fingerprint density at radius 2 is 1.74 bits per heavy atom. The highest BCUT2D eigenvalue weighted by molar-refractivity contribution is 7.92. The van der Waals surface area contributed by atoms with E-state index in [1.54, 1.807) is 24.7 Å². The molecule has 0 saturated carbocycles. The standard InChI is InChI=1S/C25H22ClF2N5O4S/c1-14-16(4-18(27)10-29-14)13-37-23-8-19(28)11-30-24(23)22-5-15(12-33(22)2)25(34)31-20-6-17(26)7-21(9-20)32-38(3,35)36/h4-12,32H,13H2,1-3H3,(H,31,34). The Morgan fingerprint density at radius 1 is 1.05 bits per heavy atom. The van der Waals surface area contributed by atoms with E-state index in [-0.39, 0.29) is 40.0 Å². The normalized spacial score (nSPS) is 11.3. The van der Waals surface area contributed by atoms with Gasteiger partial charge in [0, 0.05) is 41.3 Å². The summed E-state index contributed by atoms with van der Waals surface area (Å²) >= 11 is 6.07. The maximum Gasteiger partial charge on any atom is 0.257 e. The number of halogens is 3. The van der Waals surface area contributed by atoms with Gasteiger partial charge in [-0.25, -0.2) is 22.2 Å². The van der Waals surface area contributed by atoms with Crippen molar-refractivity contribution in [1.82, 2.24) is 14.5 Å². The summed E-state index contributed by atoms with van der Waals surface area (Å²) in [7, 11) is -1.88. The third-order valence-corrected chi connectivity index (χ3v) is 6.15. The van der Waals surface area contributed by atoms with Crippen LogP contribution in [-0.2, 0) is 23.7 Å². The number of rotatable bonds is 8. The average Bonchev–Trinajstić information content (AvgIpc) is 3.19. The number of nitrogens with one attached hydrogen (secondary N) is 2. The lowest BCUT2D eigenvalue weighted by Gasteiger charge is -2.12. The van der Waals surface area contributed by atoms with Crippen LogP contribution in [0, 0.1) is 18.6 Å². The Morgan fingerprint density at radius 3 is 2.47 bits per heavy atom. The highest BCUT2D eigenvalue weighted by Crippen LogP contribution is 2.31. The second-order valence-corrected chi connectivity index (χ2v) is 10.7. The van der Waals surface area contributed by atoms with Crippen molar-refractivity contribution in [2.24, 2.45) is 7.05 Å². The molecular weight excluding hydrogens is 540 g/mol. The van der Waals surface area contributed by atoms with Gasteiger partial charge in [0.1, 0.15) is 23.9 Å². The summed E-state index contributed by atoms with van der Waals surface area (Å²) in [5.41, 5.74) is 2.45. The number of aryl methyl sites for hydroxylation is 2. The first-order valence-corrected chi connectivity index (χ1v) is 13.3. The van der Waals surface area contributed by atoms with E-state index in [4.69, 9.17) is 16.3 Å². The molecule has 0 radical (unpaired) electrons. The third kappa shape index (κ3) is 6.64.